The monoisotopic (exact) mass is 294 g/mol. The van der Waals surface area contributed by atoms with E-state index in [0.29, 0.717) is 6.54 Å². The number of aromatic nitrogens is 2. The smallest absolute Gasteiger partial charge is 0.224 e. The lowest BCUT2D eigenvalue weighted by Crippen LogP contribution is -2.41. The zero-order valence-electron chi connectivity index (χ0n) is 13.2. The number of carbonyl (C=O) groups is 1. The molecule has 1 unspecified atom stereocenters. The van der Waals surface area contributed by atoms with Crippen molar-refractivity contribution in [3.63, 3.8) is 0 Å². The number of amides is 1. The van der Waals surface area contributed by atoms with E-state index in [0.717, 1.165) is 43.9 Å². The molecule has 0 radical (unpaired) electrons. The van der Waals surface area contributed by atoms with Crippen LogP contribution in [0.25, 0.3) is 0 Å². The van der Waals surface area contributed by atoms with Crippen LogP contribution in [0.2, 0.25) is 0 Å². The Kier molecular flexibility index (Phi) is 5.36. The van der Waals surface area contributed by atoms with Gasteiger partial charge in [0, 0.05) is 31.4 Å². The van der Waals surface area contributed by atoms with Gasteiger partial charge in [0.2, 0.25) is 5.91 Å². The summed E-state index contributed by atoms with van der Waals surface area (Å²) >= 11 is 0. The summed E-state index contributed by atoms with van der Waals surface area (Å²) in [6.07, 6.45) is 2.03. The molecule has 2 N–H and O–H groups in total. The van der Waals surface area contributed by atoms with Crippen LogP contribution < -0.4 is 5.32 Å². The topological polar surface area (TPSA) is 70.4 Å². The molecule has 0 aliphatic carbocycles. The molecule has 1 amide bonds. The average Bonchev–Trinajstić information content (AvgIpc) is 2.75. The molecule has 0 aromatic carbocycles. The lowest BCUT2D eigenvalue weighted by Gasteiger charge is -2.31. The molecular formula is C15H26N4O2. The fraction of sp³-hybridized carbons (Fsp3) is 0.733. The van der Waals surface area contributed by atoms with E-state index >= 15 is 0 Å². The number of carbonyl (C=O) groups excluding carboxylic acids is 1. The van der Waals surface area contributed by atoms with E-state index in [4.69, 9.17) is 5.11 Å². The van der Waals surface area contributed by atoms with Crippen LogP contribution >= 0.6 is 0 Å². The maximum Gasteiger partial charge on any atom is 0.224 e. The van der Waals surface area contributed by atoms with E-state index < -0.39 is 0 Å². The highest BCUT2D eigenvalue weighted by Crippen LogP contribution is 2.21. The predicted octanol–water partition coefficient (Wildman–Crippen LogP) is 0.450. The number of piperidine rings is 1. The maximum absolute atomic E-state index is 11.8. The van der Waals surface area contributed by atoms with Crippen molar-refractivity contribution in [1.82, 2.24) is 20.0 Å². The Morgan fingerprint density at radius 1 is 1.48 bits per heavy atom. The Balaban J connectivity index is 2.06. The number of nitrogens with one attached hydrogen (secondary N) is 1. The molecule has 1 aromatic rings. The molecule has 1 fully saturated rings. The fourth-order valence-corrected chi connectivity index (χ4v) is 3.12. The van der Waals surface area contributed by atoms with Gasteiger partial charge in [-0.1, -0.05) is 0 Å². The van der Waals surface area contributed by atoms with Crippen molar-refractivity contribution >= 4 is 5.91 Å². The standard InChI is InChI=1S/C15H26N4O2/c1-11-14(12(2)19(17-11)7-8-20)10-18-6-4-5-13(9-18)15(21)16-3/h13,20H,4-10H2,1-3H3,(H,16,21). The van der Waals surface area contributed by atoms with Gasteiger partial charge in [0.25, 0.3) is 0 Å². The van der Waals surface area contributed by atoms with E-state index in [1.54, 1.807) is 7.05 Å². The van der Waals surface area contributed by atoms with Crippen LogP contribution in [0.5, 0.6) is 0 Å². The van der Waals surface area contributed by atoms with Gasteiger partial charge in [-0.05, 0) is 33.2 Å². The minimum atomic E-state index is 0.0943. The number of likely N-dealkylation sites (tertiary alicyclic amines) is 1. The second-order valence-corrected chi connectivity index (χ2v) is 5.78. The van der Waals surface area contributed by atoms with Crippen LogP contribution in [0.15, 0.2) is 0 Å². The lowest BCUT2D eigenvalue weighted by molar-refractivity contribution is -0.126. The van der Waals surface area contributed by atoms with Crippen molar-refractivity contribution in [2.45, 2.75) is 39.8 Å². The Labute approximate surface area is 126 Å². The maximum atomic E-state index is 11.8. The van der Waals surface area contributed by atoms with E-state index in [1.807, 2.05) is 18.5 Å². The zero-order chi connectivity index (χ0) is 15.4. The number of aliphatic hydroxyl groups excluding tert-OH is 1. The molecule has 1 aromatic heterocycles. The molecule has 118 valence electrons. The van der Waals surface area contributed by atoms with E-state index in [1.165, 1.54) is 5.56 Å². The SMILES string of the molecule is CNC(=O)C1CCCN(Cc2c(C)nn(CCO)c2C)C1. The second kappa shape index (κ2) is 7.04. The number of rotatable bonds is 5. The summed E-state index contributed by atoms with van der Waals surface area (Å²) < 4.78 is 1.87. The summed E-state index contributed by atoms with van der Waals surface area (Å²) in [4.78, 5) is 14.1. The first-order valence-electron chi connectivity index (χ1n) is 7.64. The predicted molar refractivity (Wildman–Crippen MR) is 80.9 cm³/mol. The van der Waals surface area contributed by atoms with Crippen molar-refractivity contribution in [3.8, 4) is 0 Å². The Morgan fingerprint density at radius 3 is 2.90 bits per heavy atom. The van der Waals surface area contributed by atoms with Gasteiger partial charge >= 0.3 is 0 Å². The molecule has 0 spiro atoms. The highest BCUT2D eigenvalue weighted by Gasteiger charge is 2.26. The van der Waals surface area contributed by atoms with E-state index in [-0.39, 0.29) is 18.4 Å². The average molecular weight is 294 g/mol. The van der Waals surface area contributed by atoms with Crippen LogP contribution in [-0.4, -0.2) is 52.4 Å². The molecule has 6 heteroatoms. The summed E-state index contributed by atoms with van der Waals surface area (Å²) in [5.74, 6) is 0.237. The Morgan fingerprint density at radius 2 is 2.24 bits per heavy atom. The lowest BCUT2D eigenvalue weighted by atomic mass is 9.96. The first-order valence-corrected chi connectivity index (χ1v) is 7.64. The molecule has 21 heavy (non-hydrogen) atoms. The zero-order valence-corrected chi connectivity index (χ0v) is 13.2. The van der Waals surface area contributed by atoms with Crippen LogP contribution in [0.4, 0.5) is 0 Å². The van der Waals surface area contributed by atoms with Gasteiger partial charge < -0.3 is 10.4 Å². The molecule has 2 rings (SSSR count). The number of aliphatic hydroxyl groups is 1. The Hall–Kier alpha value is -1.40. The summed E-state index contributed by atoms with van der Waals surface area (Å²) in [5, 5.41) is 16.3. The van der Waals surface area contributed by atoms with Gasteiger partial charge in [0.15, 0.2) is 0 Å². The van der Waals surface area contributed by atoms with Gasteiger partial charge in [-0.15, -0.1) is 0 Å². The van der Waals surface area contributed by atoms with Crippen LogP contribution in [0.1, 0.15) is 29.8 Å². The molecule has 2 heterocycles. The van der Waals surface area contributed by atoms with Crippen molar-refractivity contribution < 1.29 is 9.90 Å². The minimum absolute atomic E-state index is 0.0943. The largest absolute Gasteiger partial charge is 0.394 e. The summed E-state index contributed by atoms with van der Waals surface area (Å²) in [5.41, 5.74) is 3.35. The molecular weight excluding hydrogens is 268 g/mol. The van der Waals surface area contributed by atoms with E-state index in [2.05, 4.69) is 15.3 Å². The molecule has 1 aliphatic heterocycles. The summed E-state index contributed by atoms with van der Waals surface area (Å²) in [7, 11) is 1.70. The molecule has 1 saturated heterocycles. The van der Waals surface area contributed by atoms with Crippen LogP contribution in [0, 0.1) is 19.8 Å². The van der Waals surface area contributed by atoms with Crippen molar-refractivity contribution in [1.29, 1.82) is 0 Å². The first kappa shape index (κ1) is 16.0. The number of hydrogen-bond donors (Lipinski definition) is 2. The number of nitrogens with zero attached hydrogens (tertiary/aromatic N) is 3. The van der Waals surface area contributed by atoms with Gasteiger partial charge in [-0.3, -0.25) is 14.4 Å². The molecule has 6 nitrogen and oxygen atoms in total. The second-order valence-electron chi connectivity index (χ2n) is 5.78. The third-order valence-electron chi connectivity index (χ3n) is 4.35. The molecule has 1 atom stereocenters. The Bertz CT molecular complexity index is 498. The molecule has 1 aliphatic rings. The van der Waals surface area contributed by atoms with Crippen molar-refractivity contribution in [2.75, 3.05) is 26.7 Å². The van der Waals surface area contributed by atoms with Gasteiger partial charge in [-0.2, -0.15) is 5.10 Å². The summed E-state index contributed by atoms with van der Waals surface area (Å²) in [6.45, 7) is 7.36. The van der Waals surface area contributed by atoms with Gasteiger partial charge in [-0.25, -0.2) is 0 Å². The quantitative estimate of drug-likeness (QED) is 0.827. The molecule has 0 bridgehead atoms. The highest BCUT2D eigenvalue weighted by molar-refractivity contribution is 5.78. The third-order valence-corrected chi connectivity index (χ3v) is 4.35. The summed E-state index contributed by atoms with van der Waals surface area (Å²) in [6, 6.07) is 0. The molecule has 0 saturated carbocycles. The van der Waals surface area contributed by atoms with Crippen LogP contribution in [0.3, 0.4) is 0 Å². The van der Waals surface area contributed by atoms with Crippen molar-refractivity contribution in [3.05, 3.63) is 17.0 Å². The van der Waals surface area contributed by atoms with Gasteiger partial charge in [0.05, 0.1) is 24.8 Å². The van der Waals surface area contributed by atoms with Crippen molar-refractivity contribution in [2.24, 2.45) is 5.92 Å². The normalized spacial score (nSPS) is 19.7. The minimum Gasteiger partial charge on any atom is -0.394 e. The van der Waals surface area contributed by atoms with E-state index in [9.17, 15) is 4.79 Å². The van der Waals surface area contributed by atoms with Crippen LogP contribution in [-0.2, 0) is 17.9 Å². The number of aryl methyl sites for hydroxylation is 1. The number of hydrogen-bond acceptors (Lipinski definition) is 4. The fourth-order valence-electron chi connectivity index (χ4n) is 3.12. The first-order chi connectivity index (χ1) is 10.1. The highest BCUT2D eigenvalue weighted by atomic mass is 16.3. The third kappa shape index (κ3) is 3.63. The van der Waals surface area contributed by atoms with Gasteiger partial charge in [0.1, 0.15) is 0 Å².